The summed E-state index contributed by atoms with van der Waals surface area (Å²) in [6.45, 7) is 39.8. The molecule has 0 aromatic rings. The van der Waals surface area contributed by atoms with Gasteiger partial charge in [0.05, 0.1) is 6.61 Å². The zero-order valence-electron chi connectivity index (χ0n) is 30.3. The first-order valence-corrected chi connectivity index (χ1v) is 20.2. The van der Waals surface area contributed by atoms with Gasteiger partial charge in [-0.05, 0) is 97.7 Å². The molecule has 0 aromatic carbocycles. The number of carboxylic acids is 5. The fraction of sp³-hybridized carbons (Fsp3) is 0.438. The van der Waals surface area contributed by atoms with E-state index < -0.39 is 46.5 Å². The summed E-state index contributed by atoms with van der Waals surface area (Å²) in [4.78, 5) is 59.2. The van der Waals surface area contributed by atoms with Crippen molar-refractivity contribution in [3.63, 3.8) is 0 Å². The number of esters is 1. The van der Waals surface area contributed by atoms with Crippen LogP contribution in [0.5, 0.6) is 0 Å². The Morgan fingerprint density at radius 2 is 0.731 bits per heavy atom. The van der Waals surface area contributed by atoms with Crippen LogP contribution in [0, 0.1) is 0 Å². The number of carbonyl (C=O) groups excluding carboxylic acids is 1. The van der Waals surface area contributed by atoms with Gasteiger partial charge in [0.25, 0.3) is 0 Å². The minimum Gasteiger partial charge on any atom is -0.0149 e. The summed E-state index contributed by atoms with van der Waals surface area (Å²) in [5, 5.41) is 39.5. The smallest absolute Gasteiger partial charge is 0.0149 e. The van der Waals surface area contributed by atoms with Gasteiger partial charge in [-0.3, -0.25) is 0 Å². The van der Waals surface area contributed by atoms with Crippen LogP contribution in [-0.4, -0.2) is 186 Å². The number of aliphatic carboxylic acids is 5. The molecule has 0 aliphatic rings. The number of hydrogen-bond donors (Lipinski definition) is 5. The molecule has 13 nitrogen and oxygen atoms in total. The van der Waals surface area contributed by atoms with E-state index in [9.17, 15) is 28.8 Å². The third kappa shape index (κ3) is 82.8. The molecule has 0 heterocycles. The van der Waals surface area contributed by atoms with Crippen molar-refractivity contribution in [2.24, 2.45) is 0 Å². The quantitative estimate of drug-likeness (QED) is 0.0825. The molecule has 0 aliphatic carbocycles. The maximum atomic E-state index is 11.2. The van der Waals surface area contributed by atoms with Crippen molar-refractivity contribution in [2.45, 2.75) is 86.7 Å². The topological polar surface area (TPSA) is 222 Å². The van der Waals surface area contributed by atoms with Gasteiger partial charge in [0, 0.05) is 50.8 Å². The van der Waals surface area contributed by atoms with Crippen molar-refractivity contribution >= 4 is 154 Å². The Hall–Kier alpha value is -0.571. The monoisotopic (exact) mass is 880 g/mol. The SMILES string of the molecule is C=C(C)C(=O)O.C=C(C)C(=O)O.C=C(C)C(=O)O.C=C(C)C(=O)O.C=C(C)C(=O)O.C=C(C)C(=O)OCCC[Si](C)(C)O[Si](C)(C)C.[CaH2].[Cr].[MgH2].[NaH].[SiH4]. The maximum Gasteiger partial charge on any atom is -0.0149 e. The molecule has 52 heavy (non-hydrogen) atoms. The van der Waals surface area contributed by atoms with E-state index in [2.05, 4.69) is 72.2 Å². The average molecular weight is 881 g/mol. The fourth-order valence-corrected chi connectivity index (χ4v) is 9.70. The second-order valence-electron chi connectivity index (χ2n) is 11.4. The third-order valence-corrected chi connectivity index (χ3v) is 10.1. The van der Waals surface area contributed by atoms with Crippen LogP contribution in [0.25, 0.3) is 0 Å². The van der Waals surface area contributed by atoms with E-state index in [0.29, 0.717) is 12.2 Å². The van der Waals surface area contributed by atoms with Crippen LogP contribution in [-0.2, 0) is 55.0 Å². The third-order valence-electron chi connectivity index (χ3n) is 3.91. The summed E-state index contributed by atoms with van der Waals surface area (Å²) in [7, 11) is -3.04. The summed E-state index contributed by atoms with van der Waals surface area (Å²) in [5.41, 5.74) is 1.34. The van der Waals surface area contributed by atoms with E-state index >= 15 is 0 Å². The van der Waals surface area contributed by atoms with Crippen LogP contribution in [0.1, 0.15) is 48.0 Å². The molecular weight excluding hydrogens is 816 g/mol. The van der Waals surface area contributed by atoms with E-state index in [4.69, 9.17) is 34.4 Å². The number of carbonyl (C=O) groups is 6. The van der Waals surface area contributed by atoms with Crippen molar-refractivity contribution in [1.82, 2.24) is 0 Å². The van der Waals surface area contributed by atoms with Crippen molar-refractivity contribution in [2.75, 3.05) is 6.61 Å². The molecule has 0 aromatic heterocycles. The van der Waals surface area contributed by atoms with Crippen molar-refractivity contribution in [3.8, 4) is 0 Å². The molecule has 0 atom stereocenters. The van der Waals surface area contributed by atoms with Crippen LogP contribution < -0.4 is 0 Å². The standard InChI is InChI=1S/C12H26O3Si2.5C4H6O2.Ca.Cr.Mg.Na.H4Si.5H/c1-11(2)12(13)14-9-8-10-17(6,7)15-16(3,4)5;5*1-3(2)4(5)6;;;;;;;;;;/h1,8-10H2,2-7H3;5*1H2,2H3,(H,5,6);;;;;1H4;;;;;. The van der Waals surface area contributed by atoms with Crippen molar-refractivity contribution < 1.29 is 80.5 Å². The summed E-state index contributed by atoms with van der Waals surface area (Å²) in [6, 6.07) is 1.03. The molecule has 0 radical (unpaired) electrons. The van der Waals surface area contributed by atoms with E-state index in [-0.39, 0.29) is 153 Å². The van der Waals surface area contributed by atoms with Gasteiger partial charge in [-0.25, -0.2) is 28.8 Å². The number of carboxylic acid groups (broad SMARTS) is 5. The first-order valence-electron chi connectivity index (χ1n) is 13.7. The van der Waals surface area contributed by atoms with E-state index in [1.54, 1.807) is 6.92 Å². The van der Waals surface area contributed by atoms with Crippen LogP contribution in [0.4, 0.5) is 0 Å². The molecule has 294 valence electrons. The Bertz CT molecular complexity index is 975. The Kier molecular flexibility index (Phi) is 69.0. The summed E-state index contributed by atoms with van der Waals surface area (Å²) < 4.78 is 11.3. The van der Waals surface area contributed by atoms with Gasteiger partial charge in [0.2, 0.25) is 0 Å². The molecular formula is C32H65CaCrMgNaO13Si3. The van der Waals surface area contributed by atoms with Crippen LogP contribution in [0.3, 0.4) is 0 Å². The molecule has 0 saturated heterocycles. The van der Waals surface area contributed by atoms with Gasteiger partial charge in [-0.15, -0.1) is 0 Å². The van der Waals surface area contributed by atoms with E-state index in [0.717, 1.165) is 12.5 Å². The zero-order chi connectivity index (χ0) is 39.5. The van der Waals surface area contributed by atoms with Crippen LogP contribution in [0.15, 0.2) is 72.9 Å². The predicted molar refractivity (Wildman–Crippen MR) is 225 cm³/mol. The fourth-order valence-electron chi connectivity index (χ4n) is 1.67. The molecule has 0 amide bonds. The van der Waals surface area contributed by atoms with E-state index in [1.165, 1.54) is 34.6 Å². The first-order chi connectivity index (χ1) is 20.7. The zero-order valence-corrected chi connectivity index (χ0v) is 33.5. The number of rotatable bonds is 12. The average Bonchev–Trinajstić information content (AvgIpc) is 2.86. The van der Waals surface area contributed by atoms with Crippen LogP contribution in [0.2, 0.25) is 38.8 Å². The normalized spacial score (nSPS) is 8.37. The van der Waals surface area contributed by atoms with Gasteiger partial charge in [0.15, 0.2) is 16.6 Å². The Balaban J connectivity index is -0.0000000456. The molecule has 0 bridgehead atoms. The largest absolute Gasteiger partial charge is 0.0149 e. The van der Waals surface area contributed by atoms with Gasteiger partial charge in [-0.2, -0.15) is 0 Å². The van der Waals surface area contributed by atoms with Crippen LogP contribution >= 0.6 is 0 Å². The molecule has 5 N–H and O–H groups in total. The van der Waals surface area contributed by atoms with Crippen molar-refractivity contribution in [3.05, 3.63) is 72.9 Å². The maximum absolute atomic E-state index is 11.2. The summed E-state index contributed by atoms with van der Waals surface area (Å²) in [6.07, 6.45) is 0.878. The minimum absolute atomic E-state index is 0. The Morgan fingerprint density at radius 1 is 0.538 bits per heavy atom. The first kappa shape index (κ1) is 80.0. The number of ether oxygens (including phenoxy) is 1. The second kappa shape index (κ2) is 44.8. The van der Waals surface area contributed by atoms with Crippen molar-refractivity contribution in [1.29, 1.82) is 0 Å². The molecule has 0 aliphatic heterocycles. The minimum atomic E-state index is -1.59. The van der Waals surface area contributed by atoms with E-state index in [1.807, 2.05) is 0 Å². The number of hydrogen-bond acceptors (Lipinski definition) is 8. The van der Waals surface area contributed by atoms with Gasteiger partial charge < -0.3 is 34.4 Å². The Labute approximate surface area is 396 Å². The summed E-state index contributed by atoms with van der Waals surface area (Å²) >= 11 is 0. The molecule has 0 saturated carbocycles. The summed E-state index contributed by atoms with van der Waals surface area (Å²) in [5.74, 6) is -4.97. The molecule has 0 rings (SSSR count). The van der Waals surface area contributed by atoms with Gasteiger partial charge in [0.1, 0.15) is 0 Å². The molecule has 0 spiro atoms. The molecule has 0 unspecified atom stereocenters. The predicted octanol–water partition coefficient (Wildman–Crippen LogP) is 2.85. The second-order valence-corrected chi connectivity index (χ2v) is 20.5. The Morgan fingerprint density at radius 3 is 0.865 bits per heavy atom. The molecule has 0 fully saturated rings. The van der Waals surface area contributed by atoms with Gasteiger partial charge >= 0.3 is 126 Å². The molecule has 20 heteroatoms. The van der Waals surface area contributed by atoms with Gasteiger partial charge in [-0.1, -0.05) is 39.5 Å².